The zero-order chi connectivity index (χ0) is 14.7. The van der Waals surface area contributed by atoms with Crippen molar-refractivity contribution < 1.29 is 9.72 Å². The summed E-state index contributed by atoms with van der Waals surface area (Å²) in [6, 6.07) is 6.14. The van der Waals surface area contributed by atoms with E-state index in [1.807, 2.05) is 13.8 Å². The van der Waals surface area contributed by atoms with E-state index in [4.69, 9.17) is 0 Å². The van der Waals surface area contributed by atoms with Crippen molar-refractivity contribution in [3.8, 4) is 5.69 Å². The third-order valence-electron chi connectivity index (χ3n) is 3.19. The van der Waals surface area contributed by atoms with Crippen molar-refractivity contribution in [2.75, 3.05) is 0 Å². The van der Waals surface area contributed by atoms with Gasteiger partial charge in [0.15, 0.2) is 6.29 Å². The molecule has 0 unspecified atom stereocenters. The number of nitrogens with zero attached hydrogens (tertiary/aromatic N) is 3. The predicted molar refractivity (Wildman–Crippen MR) is 74.4 cm³/mol. The highest BCUT2D eigenvalue weighted by atomic mass is 16.6. The van der Waals surface area contributed by atoms with Crippen LogP contribution in [0.25, 0.3) is 5.69 Å². The minimum atomic E-state index is -0.443. The van der Waals surface area contributed by atoms with Gasteiger partial charge in [0.05, 0.1) is 27.6 Å². The summed E-state index contributed by atoms with van der Waals surface area (Å²) in [6.07, 6.45) is 2.16. The molecule has 0 amide bonds. The molecule has 2 rings (SSSR count). The largest absolute Gasteiger partial charge is 0.298 e. The Morgan fingerprint density at radius 2 is 1.90 bits per heavy atom. The van der Waals surface area contributed by atoms with Crippen LogP contribution in [0.1, 0.15) is 35.6 Å². The highest BCUT2D eigenvalue weighted by molar-refractivity contribution is 5.78. The number of carbonyl (C=O) groups excluding carboxylic acids is 1. The number of nitro groups is 1. The van der Waals surface area contributed by atoms with Gasteiger partial charge in [-0.1, -0.05) is 13.8 Å². The number of hydrogen-bond acceptors (Lipinski definition) is 4. The molecule has 0 saturated carbocycles. The van der Waals surface area contributed by atoms with Crippen molar-refractivity contribution >= 4 is 12.0 Å². The van der Waals surface area contributed by atoms with Gasteiger partial charge in [0.2, 0.25) is 0 Å². The van der Waals surface area contributed by atoms with Crippen molar-refractivity contribution in [3.63, 3.8) is 0 Å². The summed E-state index contributed by atoms with van der Waals surface area (Å²) in [5, 5.41) is 15.1. The van der Waals surface area contributed by atoms with E-state index in [1.165, 1.54) is 12.1 Å². The standard InChI is InChI=1S/C14H15N3O3/c1-3-13-12(9-18)14(4-2)16(15-13)10-5-7-11(8-6-10)17(19)20/h5-9H,3-4H2,1-2H3. The SMILES string of the molecule is CCc1nn(-c2ccc([N+](=O)[O-])cc2)c(CC)c1C=O. The van der Waals surface area contributed by atoms with E-state index in [1.54, 1.807) is 16.8 Å². The lowest BCUT2D eigenvalue weighted by Gasteiger charge is -2.05. The number of carbonyl (C=O) groups is 1. The summed E-state index contributed by atoms with van der Waals surface area (Å²) in [6.45, 7) is 3.89. The fraction of sp³-hybridized carbons (Fsp3) is 0.286. The number of benzene rings is 1. The van der Waals surface area contributed by atoms with Crippen LogP contribution >= 0.6 is 0 Å². The van der Waals surface area contributed by atoms with Gasteiger partial charge in [0.1, 0.15) is 0 Å². The van der Waals surface area contributed by atoms with Crippen LogP contribution in [0.15, 0.2) is 24.3 Å². The predicted octanol–water partition coefficient (Wildman–Crippen LogP) is 2.72. The Labute approximate surface area is 116 Å². The number of nitro benzene ring substituents is 1. The lowest BCUT2D eigenvalue weighted by molar-refractivity contribution is -0.384. The number of aryl methyl sites for hydroxylation is 1. The van der Waals surface area contributed by atoms with Gasteiger partial charge in [-0.25, -0.2) is 4.68 Å². The molecule has 104 valence electrons. The molecule has 0 aliphatic carbocycles. The fourth-order valence-corrected chi connectivity index (χ4v) is 2.18. The van der Waals surface area contributed by atoms with Crippen LogP contribution in [-0.4, -0.2) is 21.0 Å². The minimum absolute atomic E-state index is 0.0327. The Bertz CT molecular complexity index is 644. The van der Waals surface area contributed by atoms with Crippen molar-refractivity contribution in [2.24, 2.45) is 0 Å². The number of rotatable bonds is 5. The Kier molecular flexibility index (Phi) is 3.93. The number of non-ortho nitro benzene ring substituents is 1. The first-order valence-electron chi connectivity index (χ1n) is 6.43. The molecule has 0 aliphatic rings. The van der Waals surface area contributed by atoms with E-state index >= 15 is 0 Å². The number of aromatic nitrogens is 2. The second kappa shape index (κ2) is 5.64. The van der Waals surface area contributed by atoms with Crippen molar-refractivity contribution in [1.82, 2.24) is 9.78 Å². The molecule has 0 bridgehead atoms. The van der Waals surface area contributed by atoms with Crippen molar-refractivity contribution in [1.29, 1.82) is 0 Å². The molecule has 0 radical (unpaired) electrons. The van der Waals surface area contributed by atoms with E-state index in [2.05, 4.69) is 5.10 Å². The molecule has 6 nitrogen and oxygen atoms in total. The van der Waals surface area contributed by atoms with Gasteiger partial charge in [-0.2, -0.15) is 5.10 Å². The lowest BCUT2D eigenvalue weighted by Crippen LogP contribution is -2.02. The monoisotopic (exact) mass is 273 g/mol. The molecule has 1 aromatic carbocycles. The second-order valence-electron chi connectivity index (χ2n) is 4.32. The molecular formula is C14H15N3O3. The molecule has 1 aromatic heterocycles. The van der Waals surface area contributed by atoms with E-state index in [0.717, 1.165) is 23.4 Å². The van der Waals surface area contributed by atoms with Gasteiger partial charge in [-0.15, -0.1) is 0 Å². The molecule has 2 aromatic rings. The van der Waals surface area contributed by atoms with Gasteiger partial charge in [0, 0.05) is 12.1 Å². The highest BCUT2D eigenvalue weighted by Crippen LogP contribution is 2.21. The maximum atomic E-state index is 11.2. The molecule has 0 spiro atoms. The third kappa shape index (κ3) is 2.32. The van der Waals surface area contributed by atoms with Crippen LogP contribution in [0.5, 0.6) is 0 Å². The summed E-state index contributed by atoms with van der Waals surface area (Å²) >= 11 is 0. The molecule has 20 heavy (non-hydrogen) atoms. The van der Waals surface area contributed by atoms with Crippen LogP contribution in [0.2, 0.25) is 0 Å². The van der Waals surface area contributed by atoms with E-state index in [-0.39, 0.29) is 5.69 Å². The first-order chi connectivity index (χ1) is 9.62. The smallest absolute Gasteiger partial charge is 0.269 e. The summed E-state index contributed by atoms with van der Waals surface area (Å²) < 4.78 is 1.69. The maximum absolute atomic E-state index is 11.2. The fourth-order valence-electron chi connectivity index (χ4n) is 2.18. The lowest BCUT2D eigenvalue weighted by atomic mass is 10.1. The summed E-state index contributed by atoms with van der Waals surface area (Å²) in [5.74, 6) is 0. The van der Waals surface area contributed by atoms with E-state index < -0.39 is 4.92 Å². The van der Waals surface area contributed by atoms with E-state index in [9.17, 15) is 14.9 Å². The van der Waals surface area contributed by atoms with Crippen LogP contribution in [-0.2, 0) is 12.8 Å². The normalized spacial score (nSPS) is 10.5. The quantitative estimate of drug-likeness (QED) is 0.476. The maximum Gasteiger partial charge on any atom is 0.269 e. The summed E-state index contributed by atoms with van der Waals surface area (Å²) in [5.41, 5.74) is 2.94. The van der Waals surface area contributed by atoms with Crippen LogP contribution in [0.3, 0.4) is 0 Å². The molecule has 0 fully saturated rings. The van der Waals surface area contributed by atoms with Gasteiger partial charge in [-0.3, -0.25) is 14.9 Å². The Morgan fingerprint density at radius 1 is 1.25 bits per heavy atom. The summed E-state index contributed by atoms with van der Waals surface area (Å²) in [7, 11) is 0. The van der Waals surface area contributed by atoms with Crippen molar-refractivity contribution in [2.45, 2.75) is 26.7 Å². The molecule has 0 aliphatic heterocycles. The minimum Gasteiger partial charge on any atom is -0.298 e. The first kappa shape index (κ1) is 13.9. The zero-order valence-electron chi connectivity index (χ0n) is 11.4. The molecule has 0 atom stereocenters. The van der Waals surface area contributed by atoms with E-state index in [0.29, 0.717) is 18.4 Å². The average molecular weight is 273 g/mol. The van der Waals surface area contributed by atoms with Crippen LogP contribution < -0.4 is 0 Å². The summed E-state index contributed by atoms with van der Waals surface area (Å²) in [4.78, 5) is 21.4. The van der Waals surface area contributed by atoms with Gasteiger partial charge in [0.25, 0.3) is 5.69 Å². The Balaban J connectivity index is 2.54. The third-order valence-corrected chi connectivity index (χ3v) is 3.19. The molecule has 0 saturated heterocycles. The van der Waals surface area contributed by atoms with Crippen LogP contribution in [0.4, 0.5) is 5.69 Å². The van der Waals surface area contributed by atoms with Gasteiger partial charge in [-0.05, 0) is 25.0 Å². The van der Waals surface area contributed by atoms with Crippen molar-refractivity contribution in [3.05, 3.63) is 51.3 Å². The number of hydrogen-bond donors (Lipinski definition) is 0. The number of aldehydes is 1. The van der Waals surface area contributed by atoms with Gasteiger partial charge < -0.3 is 0 Å². The zero-order valence-corrected chi connectivity index (χ0v) is 11.4. The highest BCUT2D eigenvalue weighted by Gasteiger charge is 2.16. The van der Waals surface area contributed by atoms with Crippen LogP contribution in [0, 0.1) is 10.1 Å². The molecule has 6 heteroatoms. The molecular weight excluding hydrogens is 258 g/mol. The van der Waals surface area contributed by atoms with Gasteiger partial charge >= 0.3 is 0 Å². The molecule has 0 N–H and O–H groups in total. The first-order valence-corrected chi connectivity index (χ1v) is 6.43. The Hall–Kier alpha value is -2.50. The topological polar surface area (TPSA) is 78.0 Å². The average Bonchev–Trinajstić information content (AvgIpc) is 2.84. The Morgan fingerprint density at radius 3 is 2.35 bits per heavy atom. The second-order valence-corrected chi connectivity index (χ2v) is 4.32. The molecule has 1 heterocycles.